The normalized spacial score (nSPS) is 18.7. The first-order valence-electron chi connectivity index (χ1n) is 6.38. The zero-order chi connectivity index (χ0) is 14.9. The molecule has 0 bridgehead atoms. The summed E-state index contributed by atoms with van der Waals surface area (Å²) in [6.07, 6.45) is 0.284. The number of carbonyl (C=O) groups is 1. The Hall–Kier alpha value is -2.18. The first-order chi connectivity index (χ1) is 9.38. The molecule has 0 spiro atoms. The molecule has 0 unspecified atom stereocenters. The van der Waals surface area contributed by atoms with E-state index in [0.717, 1.165) is 12.1 Å². The van der Waals surface area contributed by atoms with Crippen LogP contribution in [-0.4, -0.2) is 34.4 Å². The van der Waals surface area contributed by atoms with E-state index in [4.69, 9.17) is 0 Å². The number of nitrogens with one attached hydrogen (secondary N) is 1. The molecule has 1 amide bonds. The summed E-state index contributed by atoms with van der Waals surface area (Å²) in [6.45, 7) is 4.33. The maximum atomic E-state index is 13.1. The number of hydrogen-bond donors (Lipinski definition) is 1. The van der Waals surface area contributed by atoms with Crippen molar-refractivity contribution in [2.45, 2.75) is 32.4 Å². The Kier molecular flexibility index (Phi) is 3.87. The highest BCUT2D eigenvalue weighted by atomic mass is 19.1. The average molecular weight is 281 g/mol. The van der Waals surface area contributed by atoms with Crippen molar-refractivity contribution in [2.75, 3.05) is 11.9 Å². The average Bonchev–Trinajstić information content (AvgIpc) is 2.72. The van der Waals surface area contributed by atoms with Gasteiger partial charge in [-0.15, -0.1) is 0 Å². The third-order valence-corrected chi connectivity index (χ3v) is 3.30. The van der Waals surface area contributed by atoms with Gasteiger partial charge in [0.2, 0.25) is 5.91 Å². The lowest BCUT2D eigenvalue weighted by Gasteiger charge is -2.21. The van der Waals surface area contributed by atoms with Crippen molar-refractivity contribution in [3.05, 3.63) is 34.1 Å². The van der Waals surface area contributed by atoms with Crippen LogP contribution in [0, 0.1) is 15.9 Å². The van der Waals surface area contributed by atoms with E-state index < -0.39 is 10.7 Å². The highest BCUT2D eigenvalue weighted by Gasteiger charge is 2.32. The fourth-order valence-corrected chi connectivity index (χ4v) is 2.33. The summed E-state index contributed by atoms with van der Waals surface area (Å²) in [5, 5.41) is 13.9. The Morgan fingerprint density at radius 3 is 2.75 bits per heavy atom. The number of benzene rings is 1. The molecule has 1 saturated heterocycles. The molecule has 6 nitrogen and oxygen atoms in total. The molecule has 2 rings (SSSR count). The van der Waals surface area contributed by atoms with Crippen molar-refractivity contribution in [3.63, 3.8) is 0 Å². The van der Waals surface area contributed by atoms with Crippen molar-refractivity contribution >= 4 is 17.3 Å². The number of anilines is 1. The van der Waals surface area contributed by atoms with E-state index in [9.17, 15) is 19.3 Å². The molecule has 1 aromatic rings. The largest absolute Gasteiger partial charge is 0.374 e. The SMILES string of the molecule is CC(C)N1C[C@H](Nc2ccc(F)cc2[N+](=O)[O-])CC1=O. The minimum absolute atomic E-state index is 0.0160. The molecule has 0 saturated carbocycles. The number of nitro groups is 1. The molecule has 0 radical (unpaired) electrons. The summed E-state index contributed by atoms with van der Waals surface area (Å²) in [5.41, 5.74) is -0.0831. The third kappa shape index (κ3) is 2.87. The van der Waals surface area contributed by atoms with E-state index in [1.807, 2.05) is 13.8 Å². The Labute approximate surface area is 115 Å². The molecule has 0 aromatic heterocycles. The predicted octanol–water partition coefficient (Wildman–Crippen LogP) is 2.16. The lowest BCUT2D eigenvalue weighted by molar-refractivity contribution is -0.384. The number of nitrogens with zero attached hydrogens (tertiary/aromatic N) is 2. The summed E-state index contributed by atoms with van der Waals surface area (Å²) in [4.78, 5) is 23.8. The van der Waals surface area contributed by atoms with Crippen LogP contribution >= 0.6 is 0 Å². The zero-order valence-electron chi connectivity index (χ0n) is 11.3. The first-order valence-corrected chi connectivity index (χ1v) is 6.38. The second-order valence-corrected chi connectivity index (χ2v) is 5.10. The summed E-state index contributed by atoms with van der Waals surface area (Å²) < 4.78 is 13.1. The summed E-state index contributed by atoms with van der Waals surface area (Å²) in [7, 11) is 0. The number of hydrogen-bond acceptors (Lipinski definition) is 4. The zero-order valence-corrected chi connectivity index (χ0v) is 11.3. The van der Waals surface area contributed by atoms with Gasteiger partial charge in [-0.05, 0) is 26.0 Å². The van der Waals surface area contributed by atoms with Crippen LogP contribution in [0.25, 0.3) is 0 Å². The van der Waals surface area contributed by atoms with Crippen molar-refractivity contribution in [2.24, 2.45) is 0 Å². The predicted molar refractivity (Wildman–Crippen MR) is 71.9 cm³/mol. The molecule has 20 heavy (non-hydrogen) atoms. The number of nitro benzene ring substituents is 1. The molecule has 1 heterocycles. The number of rotatable bonds is 4. The second kappa shape index (κ2) is 5.44. The summed E-state index contributed by atoms with van der Waals surface area (Å²) in [5.74, 6) is -0.643. The fourth-order valence-electron chi connectivity index (χ4n) is 2.33. The van der Waals surface area contributed by atoms with Gasteiger partial charge in [0.1, 0.15) is 11.5 Å². The van der Waals surface area contributed by atoms with Gasteiger partial charge in [0.05, 0.1) is 17.0 Å². The Morgan fingerprint density at radius 2 is 2.20 bits per heavy atom. The molecule has 1 fully saturated rings. The fraction of sp³-hybridized carbons (Fsp3) is 0.462. The van der Waals surface area contributed by atoms with Crippen LogP contribution in [0.4, 0.5) is 15.8 Å². The molecule has 1 atom stereocenters. The molecule has 1 aliphatic heterocycles. The minimum Gasteiger partial charge on any atom is -0.374 e. The Balaban J connectivity index is 2.16. The maximum Gasteiger partial charge on any atom is 0.295 e. The van der Waals surface area contributed by atoms with Crippen molar-refractivity contribution in [1.82, 2.24) is 4.90 Å². The van der Waals surface area contributed by atoms with E-state index in [1.54, 1.807) is 4.90 Å². The van der Waals surface area contributed by atoms with E-state index in [-0.39, 0.29) is 35.8 Å². The van der Waals surface area contributed by atoms with Crippen LogP contribution in [0.2, 0.25) is 0 Å². The van der Waals surface area contributed by atoms with Gasteiger partial charge in [-0.2, -0.15) is 0 Å². The standard InChI is InChI=1S/C13H16FN3O3/c1-8(2)16-7-10(6-13(16)18)15-11-4-3-9(14)5-12(11)17(19)20/h3-5,8,10,15H,6-7H2,1-2H3/t10-/m1/s1. The van der Waals surface area contributed by atoms with Crippen LogP contribution in [0.3, 0.4) is 0 Å². The van der Waals surface area contributed by atoms with Crippen LogP contribution in [0.15, 0.2) is 18.2 Å². The van der Waals surface area contributed by atoms with Crippen LogP contribution in [0.1, 0.15) is 20.3 Å². The van der Waals surface area contributed by atoms with Crippen molar-refractivity contribution < 1.29 is 14.1 Å². The smallest absolute Gasteiger partial charge is 0.295 e. The monoisotopic (exact) mass is 281 g/mol. The van der Waals surface area contributed by atoms with Gasteiger partial charge in [-0.25, -0.2) is 4.39 Å². The summed E-state index contributed by atoms with van der Waals surface area (Å²) >= 11 is 0. The Bertz CT molecular complexity index is 548. The summed E-state index contributed by atoms with van der Waals surface area (Å²) in [6, 6.07) is 3.26. The van der Waals surface area contributed by atoms with E-state index in [0.29, 0.717) is 6.54 Å². The maximum absolute atomic E-state index is 13.1. The molecule has 0 aliphatic carbocycles. The van der Waals surface area contributed by atoms with Gasteiger partial charge in [0, 0.05) is 19.0 Å². The molecular formula is C13H16FN3O3. The van der Waals surface area contributed by atoms with Gasteiger partial charge >= 0.3 is 0 Å². The number of halogens is 1. The Morgan fingerprint density at radius 1 is 1.50 bits per heavy atom. The topological polar surface area (TPSA) is 75.5 Å². The first kappa shape index (κ1) is 14.2. The number of amides is 1. The van der Waals surface area contributed by atoms with Crippen molar-refractivity contribution in [3.8, 4) is 0 Å². The van der Waals surface area contributed by atoms with Crippen LogP contribution in [-0.2, 0) is 4.79 Å². The van der Waals surface area contributed by atoms with Gasteiger partial charge in [0.15, 0.2) is 0 Å². The molecular weight excluding hydrogens is 265 g/mol. The molecule has 7 heteroatoms. The van der Waals surface area contributed by atoms with E-state index in [1.165, 1.54) is 6.07 Å². The number of carbonyl (C=O) groups excluding carboxylic acids is 1. The van der Waals surface area contributed by atoms with Crippen LogP contribution in [0.5, 0.6) is 0 Å². The minimum atomic E-state index is -0.659. The lowest BCUT2D eigenvalue weighted by Crippen LogP contribution is -2.33. The third-order valence-electron chi connectivity index (χ3n) is 3.30. The van der Waals surface area contributed by atoms with Crippen LogP contribution < -0.4 is 5.32 Å². The highest BCUT2D eigenvalue weighted by Crippen LogP contribution is 2.27. The van der Waals surface area contributed by atoms with Gasteiger partial charge in [-0.3, -0.25) is 14.9 Å². The molecule has 1 aromatic carbocycles. The van der Waals surface area contributed by atoms with E-state index >= 15 is 0 Å². The van der Waals surface area contributed by atoms with Gasteiger partial charge < -0.3 is 10.2 Å². The van der Waals surface area contributed by atoms with Gasteiger partial charge in [-0.1, -0.05) is 0 Å². The highest BCUT2D eigenvalue weighted by molar-refractivity contribution is 5.80. The quantitative estimate of drug-likeness (QED) is 0.677. The lowest BCUT2D eigenvalue weighted by atomic mass is 10.2. The number of likely N-dealkylation sites (tertiary alicyclic amines) is 1. The van der Waals surface area contributed by atoms with Gasteiger partial charge in [0.25, 0.3) is 5.69 Å². The molecule has 1 aliphatic rings. The molecule has 108 valence electrons. The van der Waals surface area contributed by atoms with Crippen molar-refractivity contribution in [1.29, 1.82) is 0 Å². The van der Waals surface area contributed by atoms with E-state index in [2.05, 4.69) is 5.32 Å². The molecule has 1 N–H and O–H groups in total. The second-order valence-electron chi connectivity index (χ2n) is 5.10.